The molecular formula is C19H29N3O3. The third kappa shape index (κ3) is 6.38. The second-order valence-electron chi connectivity index (χ2n) is 6.71. The molecule has 6 nitrogen and oxygen atoms in total. The van der Waals surface area contributed by atoms with E-state index in [1.807, 2.05) is 39.0 Å². The molecule has 2 rings (SSSR count). The summed E-state index contributed by atoms with van der Waals surface area (Å²) in [7, 11) is 0. The molecule has 1 aromatic rings. The maximum absolute atomic E-state index is 12.2. The van der Waals surface area contributed by atoms with Gasteiger partial charge in [0.1, 0.15) is 0 Å². The van der Waals surface area contributed by atoms with Gasteiger partial charge in [-0.2, -0.15) is 0 Å². The Kier molecular flexibility index (Phi) is 7.25. The molecule has 1 aliphatic heterocycles. The van der Waals surface area contributed by atoms with Gasteiger partial charge in [-0.1, -0.05) is 19.1 Å². The summed E-state index contributed by atoms with van der Waals surface area (Å²) in [5.41, 5.74) is 1.51. The molecule has 3 N–H and O–H groups in total. The Morgan fingerprint density at radius 1 is 1.36 bits per heavy atom. The molecule has 1 aliphatic rings. The lowest BCUT2D eigenvalue weighted by Crippen LogP contribution is -2.45. The lowest BCUT2D eigenvalue weighted by atomic mass is 10.0. The van der Waals surface area contributed by atoms with E-state index in [9.17, 15) is 9.59 Å². The van der Waals surface area contributed by atoms with E-state index in [1.165, 1.54) is 0 Å². The molecule has 3 atom stereocenters. The Morgan fingerprint density at radius 3 is 2.88 bits per heavy atom. The largest absolute Gasteiger partial charge is 0.378 e. The molecule has 0 saturated carbocycles. The Labute approximate surface area is 149 Å². The molecular weight excluding hydrogens is 318 g/mol. The van der Waals surface area contributed by atoms with Crippen molar-refractivity contribution < 1.29 is 14.3 Å². The van der Waals surface area contributed by atoms with Crippen LogP contribution in [0.5, 0.6) is 0 Å². The quantitative estimate of drug-likeness (QED) is 0.740. The van der Waals surface area contributed by atoms with Crippen molar-refractivity contribution in [2.75, 3.05) is 6.61 Å². The van der Waals surface area contributed by atoms with E-state index in [2.05, 4.69) is 16.0 Å². The van der Waals surface area contributed by atoms with E-state index in [0.29, 0.717) is 18.7 Å². The maximum Gasteiger partial charge on any atom is 0.315 e. The summed E-state index contributed by atoms with van der Waals surface area (Å²) in [4.78, 5) is 24.2. The summed E-state index contributed by atoms with van der Waals surface area (Å²) in [6.45, 7) is 7.09. The van der Waals surface area contributed by atoms with Crippen LogP contribution in [0.1, 0.15) is 56.0 Å². The summed E-state index contributed by atoms with van der Waals surface area (Å²) in [5, 5.41) is 8.78. The van der Waals surface area contributed by atoms with E-state index in [1.54, 1.807) is 6.07 Å². The number of rotatable bonds is 6. The normalized spacial score (nSPS) is 21.2. The van der Waals surface area contributed by atoms with Crippen molar-refractivity contribution in [2.45, 2.75) is 64.8 Å². The molecule has 1 aromatic carbocycles. The number of benzene rings is 1. The lowest BCUT2D eigenvalue weighted by Gasteiger charge is -2.27. The first-order chi connectivity index (χ1) is 12.0. The molecule has 138 valence electrons. The highest BCUT2D eigenvalue weighted by Gasteiger charge is 2.20. The molecule has 3 amide bonds. The molecule has 6 heteroatoms. The summed E-state index contributed by atoms with van der Waals surface area (Å²) < 4.78 is 5.48. The highest BCUT2D eigenvalue weighted by atomic mass is 16.5. The maximum atomic E-state index is 12.2. The zero-order chi connectivity index (χ0) is 18.2. The fraction of sp³-hybridized carbons (Fsp3) is 0.579. The summed E-state index contributed by atoms with van der Waals surface area (Å²) >= 11 is 0. The van der Waals surface area contributed by atoms with E-state index in [0.717, 1.165) is 24.8 Å². The second-order valence-corrected chi connectivity index (χ2v) is 6.71. The number of urea groups is 1. The van der Waals surface area contributed by atoms with Crippen molar-refractivity contribution in [2.24, 2.45) is 0 Å². The summed E-state index contributed by atoms with van der Waals surface area (Å²) in [5.74, 6) is -0.0863. The first-order valence-electron chi connectivity index (χ1n) is 9.03. The zero-order valence-corrected chi connectivity index (χ0v) is 15.3. The van der Waals surface area contributed by atoms with Crippen LogP contribution in [-0.2, 0) is 11.3 Å². The van der Waals surface area contributed by atoms with Crippen LogP contribution in [0.2, 0.25) is 0 Å². The number of carbonyl (C=O) groups is 2. The topological polar surface area (TPSA) is 79.5 Å². The highest BCUT2D eigenvalue weighted by Crippen LogP contribution is 2.13. The molecule has 0 spiro atoms. The first kappa shape index (κ1) is 19.2. The van der Waals surface area contributed by atoms with Crippen LogP contribution in [0.25, 0.3) is 0 Å². The molecule has 0 unspecified atom stereocenters. The van der Waals surface area contributed by atoms with Crippen LogP contribution >= 0.6 is 0 Å². The smallest absolute Gasteiger partial charge is 0.315 e. The minimum absolute atomic E-state index is 0.0863. The van der Waals surface area contributed by atoms with Gasteiger partial charge < -0.3 is 20.7 Å². The fourth-order valence-corrected chi connectivity index (χ4v) is 2.78. The van der Waals surface area contributed by atoms with Gasteiger partial charge in [0.05, 0.1) is 6.10 Å². The van der Waals surface area contributed by atoms with Gasteiger partial charge in [-0.3, -0.25) is 4.79 Å². The van der Waals surface area contributed by atoms with Gasteiger partial charge in [0.15, 0.2) is 0 Å². The van der Waals surface area contributed by atoms with Gasteiger partial charge in [0.2, 0.25) is 0 Å². The van der Waals surface area contributed by atoms with E-state index in [-0.39, 0.29) is 30.1 Å². The number of carbonyl (C=O) groups excluding carboxylic acids is 2. The standard InChI is InChI=1S/C19H29N3O3/c1-4-13(2)21-18(23)16-7-5-6-15(11-16)12-20-19(24)22-17-8-9-25-14(3)10-17/h5-7,11,13-14,17H,4,8-10,12H2,1-3H3,(H,21,23)(H2,20,22,24)/t13-,14-,17-/m0/s1. The SMILES string of the molecule is CC[C@H](C)NC(=O)c1cccc(CNC(=O)N[C@H]2CCO[C@@H](C)C2)c1. The first-order valence-corrected chi connectivity index (χ1v) is 9.03. The van der Waals surface area contributed by atoms with Crippen molar-refractivity contribution >= 4 is 11.9 Å². The van der Waals surface area contributed by atoms with Crippen LogP contribution in [0.3, 0.4) is 0 Å². The number of nitrogens with one attached hydrogen (secondary N) is 3. The Bertz CT molecular complexity index is 591. The van der Waals surface area contributed by atoms with Gasteiger partial charge in [-0.05, 0) is 50.8 Å². The molecule has 0 radical (unpaired) electrons. The predicted molar refractivity (Wildman–Crippen MR) is 97.5 cm³/mol. The minimum atomic E-state index is -0.187. The third-order valence-corrected chi connectivity index (χ3v) is 4.45. The molecule has 1 fully saturated rings. The van der Waals surface area contributed by atoms with E-state index >= 15 is 0 Å². The van der Waals surface area contributed by atoms with Crippen LogP contribution in [0.4, 0.5) is 4.79 Å². The van der Waals surface area contributed by atoms with Crippen molar-refractivity contribution in [3.05, 3.63) is 35.4 Å². The van der Waals surface area contributed by atoms with Crippen molar-refractivity contribution in [1.82, 2.24) is 16.0 Å². The van der Waals surface area contributed by atoms with Crippen molar-refractivity contribution in [3.8, 4) is 0 Å². The average Bonchev–Trinajstić information content (AvgIpc) is 2.60. The number of hydrogen-bond donors (Lipinski definition) is 3. The number of ether oxygens (including phenoxy) is 1. The van der Waals surface area contributed by atoms with Crippen molar-refractivity contribution in [1.29, 1.82) is 0 Å². The Morgan fingerprint density at radius 2 is 2.16 bits per heavy atom. The number of amides is 3. The number of hydrogen-bond acceptors (Lipinski definition) is 3. The van der Waals surface area contributed by atoms with Crippen molar-refractivity contribution in [3.63, 3.8) is 0 Å². The molecule has 0 aromatic heterocycles. The van der Waals surface area contributed by atoms with Gasteiger partial charge in [-0.15, -0.1) is 0 Å². The Balaban J connectivity index is 1.83. The summed E-state index contributed by atoms with van der Waals surface area (Å²) in [6, 6.07) is 7.43. The van der Waals surface area contributed by atoms with E-state index in [4.69, 9.17) is 4.74 Å². The molecule has 1 saturated heterocycles. The predicted octanol–water partition coefficient (Wildman–Crippen LogP) is 2.58. The third-order valence-electron chi connectivity index (χ3n) is 4.45. The summed E-state index contributed by atoms with van der Waals surface area (Å²) in [6.07, 6.45) is 2.74. The lowest BCUT2D eigenvalue weighted by molar-refractivity contribution is 0.0154. The molecule has 0 aliphatic carbocycles. The van der Waals surface area contributed by atoms with E-state index < -0.39 is 0 Å². The molecule has 1 heterocycles. The molecule has 25 heavy (non-hydrogen) atoms. The zero-order valence-electron chi connectivity index (χ0n) is 15.3. The van der Waals surface area contributed by atoms with Crippen LogP contribution < -0.4 is 16.0 Å². The van der Waals surface area contributed by atoms with Gasteiger partial charge in [0.25, 0.3) is 5.91 Å². The van der Waals surface area contributed by atoms with Crippen LogP contribution in [0.15, 0.2) is 24.3 Å². The fourth-order valence-electron chi connectivity index (χ4n) is 2.78. The van der Waals surface area contributed by atoms with Gasteiger partial charge in [-0.25, -0.2) is 4.79 Å². The van der Waals surface area contributed by atoms with Crippen LogP contribution in [0, 0.1) is 0 Å². The molecule has 0 bridgehead atoms. The Hall–Kier alpha value is -2.08. The van der Waals surface area contributed by atoms with Gasteiger partial charge in [0, 0.05) is 30.8 Å². The van der Waals surface area contributed by atoms with Crippen LogP contribution in [-0.4, -0.2) is 36.7 Å². The minimum Gasteiger partial charge on any atom is -0.378 e. The average molecular weight is 347 g/mol. The van der Waals surface area contributed by atoms with Gasteiger partial charge >= 0.3 is 6.03 Å². The monoisotopic (exact) mass is 347 g/mol. The highest BCUT2D eigenvalue weighted by molar-refractivity contribution is 5.94. The second kappa shape index (κ2) is 9.42.